The molecule has 0 aliphatic carbocycles. The Bertz CT molecular complexity index is 1220. The Morgan fingerprint density at radius 2 is 1.71 bits per heavy atom. The quantitative estimate of drug-likeness (QED) is 0.339. The summed E-state index contributed by atoms with van der Waals surface area (Å²) in [6.07, 6.45) is 0.889. The van der Waals surface area contributed by atoms with E-state index in [9.17, 15) is 4.79 Å². The van der Waals surface area contributed by atoms with Gasteiger partial charge in [-0.15, -0.1) is 11.3 Å². The molecule has 5 nitrogen and oxygen atoms in total. The van der Waals surface area contributed by atoms with Gasteiger partial charge in [0.25, 0.3) is 5.91 Å². The average Bonchev–Trinajstić information content (AvgIpc) is 3.07. The zero-order valence-corrected chi connectivity index (χ0v) is 18.8. The number of anilines is 2. The summed E-state index contributed by atoms with van der Waals surface area (Å²) >= 11 is 7.21. The van der Waals surface area contributed by atoms with Crippen molar-refractivity contribution in [3.8, 4) is 11.5 Å². The minimum atomic E-state index is -0.253. The van der Waals surface area contributed by atoms with Gasteiger partial charge in [0.1, 0.15) is 21.2 Å². The molecule has 0 saturated heterocycles. The van der Waals surface area contributed by atoms with Crippen molar-refractivity contribution >= 4 is 50.4 Å². The number of fused-ring (bicyclic) bond motifs is 1. The number of hydrogen-bond donors (Lipinski definition) is 2. The maximum Gasteiger partial charge on any atom is 0.267 e. The molecule has 0 atom stereocenters. The highest BCUT2D eigenvalue weighted by Gasteiger charge is 2.18. The van der Waals surface area contributed by atoms with Crippen molar-refractivity contribution in [1.82, 2.24) is 4.98 Å². The van der Waals surface area contributed by atoms with Crippen molar-refractivity contribution < 1.29 is 9.53 Å². The van der Waals surface area contributed by atoms with Crippen LogP contribution in [0.25, 0.3) is 10.2 Å². The maximum atomic E-state index is 12.8. The molecule has 7 heteroatoms. The molecule has 158 valence electrons. The number of halogens is 1. The topological polar surface area (TPSA) is 77.2 Å². The van der Waals surface area contributed by atoms with E-state index in [2.05, 4.69) is 24.1 Å². The van der Waals surface area contributed by atoms with Crippen molar-refractivity contribution in [3.63, 3.8) is 0 Å². The molecule has 2 aromatic heterocycles. The van der Waals surface area contributed by atoms with Crippen molar-refractivity contribution in [2.45, 2.75) is 20.3 Å². The number of thiophene rings is 1. The molecule has 3 N–H and O–H groups in total. The number of pyridine rings is 1. The summed E-state index contributed by atoms with van der Waals surface area (Å²) in [7, 11) is 0. The maximum absolute atomic E-state index is 12.8. The number of amides is 1. The second kappa shape index (κ2) is 8.96. The van der Waals surface area contributed by atoms with Crippen LogP contribution in [0.4, 0.5) is 11.4 Å². The number of rotatable bonds is 6. The minimum Gasteiger partial charge on any atom is -0.457 e. The molecule has 0 spiro atoms. The molecule has 4 rings (SSSR count). The van der Waals surface area contributed by atoms with Gasteiger partial charge >= 0.3 is 0 Å². The zero-order chi connectivity index (χ0) is 22.0. The molecule has 31 heavy (non-hydrogen) atoms. The lowest BCUT2D eigenvalue weighted by molar-refractivity contribution is 0.103. The molecule has 2 aromatic carbocycles. The Balaban J connectivity index is 1.48. The number of nitrogen functional groups attached to an aromatic ring is 1. The van der Waals surface area contributed by atoms with Crippen LogP contribution in [0, 0.1) is 5.92 Å². The van der Waals surface area contributed by atoms with Gasteiger partial charge in [0.05, 0.1) is 5.69 Å². The lowest BCUT2D eigenvalue weighted by Crippen LogP contribution is -2.11. The van der Waals surface area contributed by atoms with Crippen LogP contribution in [0.5, 0.6) is 11.5 Å². The van der Waals surface area contributed by atoms with E-state index in [1.807, 2.05) is 12.1 Å². The molecule has 0 fully saturated rings. The summed E-state index contributed by atoms with van der Waals surface area (Å²) in [6.45, 7) is 4.30. The van der Waals surface area contributed by atoms with Crippen LogP contribution in [0.15, 0.2) is 60.7 Å². The van der Waals surface area contributed by atoms with E-state index >= 15 is 0 Å². The minimum absolute atomic E-state index is 0.253. The molecule has 0 radical (unpaired) electrons. The van der Waals surface area contributed by atoms with E-state index in [-0.39, 0.29) is 5.91 Å². The summed E-state index contributed by atoms with van der Waals surface area (Å²) in [5.41, 5.74) is 8.37. The lowest BCUT2D eigenvalue weighted by Gasteiger charge is -2.08. The molecule has 1 amide bonds. The Hall–Kier alpha value is -3.09. The fourth-order valence-corrected chi connectivity index (χ4v) is 4.30. The van der Waals surface area contributed by atoms with E-state index in [0.717, 1.165) is 22.3 Å². The Labute approximate surface area is 189 Å². The summed E-state index contributed by atoms with van der Waals surface area (Å²) in [5, 5.41) is 4.36. The number of carbonyl (C=O) groups is 1. The van der Waals surface area contributed by atoms with E-state index in [0.29, 0.717) is 38.7 Å². The van der Waals surface area contributed by atoms with Crippen molar-refractivity contribution in [3.05, 3.63) is 76.3 Å². The Kier molecular flexibility index (Phi) is 6.11. The van der Waals surface area contributed by atoms with Crippen LogP contribution in [-0.4, -0.2) is 10.9 Å². The first-order chi connectivity index (χ1) is 14.9. The molecule has 0 saturated carbocycles. The zero-order valence-electron chi connectivity index (χ0n) is 17.2. The third-order valence-electron chi connectivity index (χ3n) is 4.64. The van der Waals surface area contributed by atoms with E-state index in [1.165, 1.54) is 11.3 Å². The fraction of sp³-hybridized carbons (Fsp3) is 0.167. The van der Waals surface area contributed by atoms with E-state index in [4.69, 9.17) is 22.1 Å². The van der Waals surface area contributed by atoms with Crippen molar-refractivity contribution in [1.29, 1.82) is 0 Å². The van der Waals surface area contributed by atoms with Gasteiger partial charge in [0.2, 0.25) is 0 Å². The van der Waals surface area contributed by atoms with Gasteiger partial charge in [-0.05, 0) is 73.0 Å². The van der Waals surface area contributed by atoms with Crippen LogP contribution in [0.3, 0.4) is 0 Å². The Morgan fingerprint density at radius 1 is 1.06 bits per heavy atom. The number of aromatic nitrogens is 1. The van der Waals surface area contributed by atoms with Gasteiger partial charge < -0.3 is 15.8 Å². The highest BCUT2D eigenvalue weighted by Crippen LogP contribution is 2.33. The predicted molar refractivity (Wildman–Crippen MR) is 128 cm³/mol. The normalized spacial score (nSPS) is 11.1. The molecule has 0 aliphatic heterocycles. The van der Waals surface area contributed by atoms with Gasteiger partial charge in [-0.3, -0.25) is 4.79 Å². The standard InChI is InChI=1S/C24H22ClN3O2S/c1-14(2)13-17-7-12-20-21(26)22(31-24(20)28-17)23(29)27-16-5-10-19(11-6-16)30-18-8-3-15(25)4-9-18/h3-12,14H,13,26H2,1-2H3,(H,27,29). The number of hydrogen-bond acceptors (Lipinski definition) is 5. The molecular weight excluding hydrogens is 430 g/mol. The van der Waals surface area contributed by atoms with Crippen LogP contribution >= 0.6 is 22.9 Å². The second-order valence-electron chi connectivity index (χ2n) is 7.63. The number of nitrogens with two attached hydrogens (primary N) is 1. The SMILES string of the molecule is CC(C)Cc1ccc2c(N)c(C(=O)Nc3ccc(Oc4ccc(Cl)cc4)cc3)sc2n1. The molecule has 4 aromatic rings. The van der Waals surface area contributed by atoms with Crippen molar-refractivity contribution in [2.75, 3.05) is 11.1 Å². The number of carbonyl (C=O) groups excluding carboxylic acids is 1. The van der Waals surface area contributed by atoms with Crippen LogP contribution in [-0.2, 0) is 6.42 Å². The van der Waals surface area contributed by atoms with Crippen molar-refractivity contribution in [2.24, 2.45) is 5.92 Å². The third-order valence-corrected chi connectivity index (χ3v) is 6.00. The largest absolute Gasteiger partial charge is 0.457 e. The average molecular weight is 452 g/mol. The van der Waals surface area contributed by atoms with Gasteiger partial charge in [0.15, 0.2) is 0 Å². The van der Waals surface area contributed by atoms with Crippen LogP contribution < -0.4 is 15.8 Å². The third kappa shape index (κ3) is 4.98. The monoisotopic (exact) mass is 451 g/mol. The second-order valence-corrected chi connectivity index (χ2v) is 9.07. The molecule has 0 bridgehead atoms. The van der Waals surface area contributed by atoms with Crippen LogP contribution in [0.2, 0.25) is 5.02 Å². The summed E-state index contributed by atoms with van der Waals surface area (Å²) in [5.74, 6) is 1.60. The Morgan fingerprint density at radius 3 is 2.35 bits per heavy atom. The first-order valence-corrected chi connectivity index (χ1v) is 11.1. The predicted octanol–water partition coefficient (Wildman–Crippen LogP) is 6.78. The van der Waals surface area contributed by atoms with Gasteiger partial charge in [-0.1, -0.05) is 25.4 Å². The number of nitrogens with one attached hydrogen (secondary N) is 1. The number of benzene rings is 2. The van der Waals surface area contributed by atoms with E-state index < -0.39 is 0 Å². The van der Waals surface area contributed by atoms with Gasteiger partial charge in [-0.25, -0.2) is 4.98 Å². The molecular formula is C24H22ClN3O2S. The first-order valence-electron chi connectivity index (χ1n) is 9.92. The molecule has 2 heterocycles. The van der Waals surface area contributed by atoms with Crippen LogP contribution in [0.1, 0.15) is 29.2 Å². The lowest BCUT2D eigenvalue weighted by atomic mass is 10.1. The first kappa shape index (κ1) is 21.2. The summed E-state index contributed by atoms with van der Waals surface area (Å²) in [6, 6.07) is 18.2. The summed E-state index contributed by atoms with van der Waals surface area (Å²) < 4.78 is 5.78. The number of ether oxygens (including phenoxy) is 1. The summed E-state index contributed by atoms with van der Waals surface area (Å²) in [4.78, 5) is 18.7. The molecule has 0 aliphatic rings. The van der Waals surface area contributed by atoms with Gasteiger partial charge in [-0.2, -0.15) is 0 Å². The van der Waals surface area contributed by atoms with Gasteiger partial charge in [0, 0.05) is 21.8 Å². The molecule has 0 unspecified atom stereocenters. The highest BCUT2D eigenvalue weighted by molar-refractivity contribution is 7.21. The highest BCUT2D eigenvalue weighted by atomic mass is 35.5. The van der Waals surface area contributed by atoms with E-state index in [1.54, 1.807) is 48.5 Å². The smallest absolute Gasteiger partial charge is 0.267 e. The number of nitrogens with zero attached hydrogens (tertiary/aromatic N) is 1. The fourth-order valence-electron chi connectivity index (χ4n) is 3.17.